The Hall–Kier alpha value is -5.72. The molecule has 49 heavy (non-hydrogen) atoms. The molecular weight excluding hydrogens is 589 g/mol. The van der Waals surface area contributed by atoms with Crippen LogP contribution in [-0.2, 0) is 18.3 Å². The minimum atomic E-state index is 0.0109. The Morgan fingerprint density at radius 2 is 0.918 bits per heavy atom. The van der Waals surface area contributed by atoms with Gasteiger partial charge in [0.25, 0.3) is 0 Å². The molecule has 230 valence electrons. The third-order valence-corrected chi connectivity index (χ3v) is 11.9. The van der Waals surface area contributed by atoms with Crippen LogP contribution in [0.5, 0.6) is 0 Å². The van der Waals surface area contributed by atoms with E-state index in [1.807, 2.05) is 0 Å². The van der Waals surface area contributed by atoms with E-state index in [0.29, 0.717) is 0 Å². The average Bonchev–Trinajstić information content (AvgIpc) is 3.40. The number of hydrogen-bond acceptors (Lipinski definition) is 0. The lowest BCUT2D eigenvalue weighted by Gasteiger charge is -2.26. The van der Waals surface area contributed by atoms with Crippen molar-refractivity contribution in [1.29, 1.82) is 0 Å². The number of rotatable bonds is 3. The molecule has 0 heterocycles. The van der Waals surface area contributed by atoms with Crippen LogP contribution in [0.3, 0.4) is 0 Å². The summed E-state index contributed by atoms with van der Waals surface area (Å²) in [7, 11) is 0. The van der Waals surface area contributed by atoms with Crippen molar-refractivity contribution in [3.05, 3.63) is 190 Å². The molecule has 3 aliphatic rings. The second-order valence-electron chi connectivity index (χ2n) is 14.7. The van der Waals surface area contributed by atoms with Gasteiger partial charge in [-0.25, -0.2) is 0 Å². The Bertz CT molecular complexity index is 2800. The molecule has 0 N–H and O–H groups in total. The van der Waals surface area contributed by atoms with Gasteiger partial charge < -0.3 is 0 Å². The van der Waals surface area contributed by atoms with E-state index in [0.717, 1.165) is 12.8 Å². The van der Waals surface area contributed by atoms with Crippen LogP contribution in [0.4, 0.5) is 0 Å². The normalized spacial score (nSPS) is 15.4. The Balaban J connectivity index is 1.01. The summed E-state index contributed by atoms with van der Waals surface area (Å²) in [5.41, 5.74) is 16.3. The first-order chi connectivity index (χ1) is 24.1. The molecule has 0 fully saturated rings. The Morgan fingerprint density at radius 3 is 1.53 bits per heavy atom. The zero-order chi connectivity index (χ0) is 32.4. The zero-order valence-corrected chi connectivity index (χ0v) is 27.8. The molecule has 0 atom stereocenters. The van der Waals surface area contributed by atoms with E-state index in [9.17, 15) is 0 Å². The predicted octanol–water partition coefficient (Wildman–Crippen LogP) is 12.6. The summed E-state index contributed by atoms with van der Waals surface area (Å²) in [6.07, 6.45) is 6.78. The van der Waals surface area contributed by atoms with Crippen molar-refractivity contribution >= 4 is 54.2 Å². The van der Waals surface area contributed by atoms with Crippen LogP contribution in [0.25, 0.3) is 65.4 Å². The summed E-state index contributed by atoms with van der Waals surface area (Å²) in [4.78, 5) is 0. The van der Waals surface area contributed by atoms with E-state index in [1.54, 1.807) is 0 Å². The minimum absolute atomic E-state index is 0.0109. The van der Waals surface area contributed by atoms with E-state index in [4.69, 9.17) is 0 Å². The fourth-order valence-corrected chi connectivity index (χ4v) is 9.54. The molecule has 8 aromatic carbocycles. The van der Waals surface area contributed by atoms with Gasteiger partial charge in [0, 0.05) is 5.41 Å². The average molecular weight is 623 g/mol. The summed E-state index contributed by atoms with van der Waals surface area (Å²) in [6.45, 7) is 4.75. The fraction of sp³-hybridized carbons (Fsp3) is 0.102. The van der Waals surface area contributed by atoms with Crippen molar-refractivity contribution in [3.63, 3.8) is 0 Å². The first-order valence-electron chi connectivity index (χ1n) is 17.6. The molecule has 0 heteroatoms. The highest BCUT2D eigenvalue weighted by Crippen LogP contribution is 2.51. The molecule has 0 aromatic heterocycles. The van der Waals surface area contributed by atoms with Gasteiger partial charge >= 0.3 is 0 Å². The Kier molecular flexibility index (Phi) is 5.38. The van der Waals surface area contributed by atoms with Gasteiger partial charge in [0.05, 0.1) is 0 Å². The molecule has 0 aliphatic heterocycles. The smallest absolute Gasteiger partial charge is 0.0159 e. The van der Waals surface area contributed by atoms with Gasteiger partial charge in [-0.05, 0) is 129 Å². The van der Waals surface area contributed by atoms with Gasteiger partial charge in [-0.2, -0.15) is 0 Å². The molecule has 0 saturated heterocycles. The van der Waals surface area contributed by atoms with E-state index in [1.165, 1.54) is 110 Å². The summed E-state index contributed by atoms with van der Waals surface area (Å²) in [5.74, 6) is 0. The molecule has 0 spiro atoms. The summed E-state index contributed by atoms with van der Waals surface area (Å²) in [5, 5.41) is 11.2. The number of benzene rings is 8. The molecule has 0 radical (unpaired) electrons. The molecular formula is C49H34. The van der Waals surface area contributed by atoms with Gasteiger partial charge in [-0.1, -0.05) is 153 Å². The Morgan fingerprint density at radius 1 is 0.388 bits per heavy atom. The second-order valence-corrected chi connectivity index (χ2v) is 14.7. The maximum atomic E-state index is 2.44. The lowest BCUT2D eigenvalue weighted by atomic mass is 9.78. The Labute approximate surface area is 286 Å². The SMILES string of the molecule is CC1(C)c2cccc3c4ccc(-c5ccc(C6=CCc7ccc8c9c(ccc6c79)CC=C8c6ccccc6)cc5)cc4c4cccc1c4c23. The topological polar surface area (TPSA) is 0 Å². The van der Waals surface area contributed by atoms with Gasteiger partial charge in [-0.15, -0.1) is 0 Å². The molecule has 11 rings (SSSR count). The van der Waals surface area contributed by atoms with Crippen LogP contribution in [-0.4, -0.2) is 0 Å². The van der Waals surface area contributed by atoms with Gasteiger partial charge in [0.15, 0.2) is 0 Å². The predicted molar refractivity (Wildman–Crippen MR) is 208 cm³/mol. The van der Waals surface area contributed by atoms with E-state index >= 15 is 0 Å². The maximum Gasteiger partial charge on any atom is 0.0159 e. The summed E-state index contributed by atoms with van der Waals surface area (Å²) >= 11 is 0. The minimum Gasteiger partial charge on any atom is -0.0716 e. The van der Waals surface area contributed by atoms with Gasteiger partial charge in [0.1, 0.15) is 0 Å². The number of hydrogen-bond donors (Lipinski definition) is 0. The van der Waals surface area contributed by atoms with Crippen LogP contribution >= 0.6 is 0 Å². The molecule has 0 unspecified atom stereocenters. The summed E-state index contributed by atoms with van der Waals surface area (Å²) in [6, 6.07) is 50.6. The molecule has 3 aliphatic carbocycles. The first kappa shape index (κ1) is 27.3. The molecule has 0 saturated carbocycles. The molecule has 0 nitrogen and oxygen atoms in total. The van der Waals surface area contributed by atoms with Crippen molar-refractivity contribution in [2.75, 3.05) is 0 Å². The highest BCUT2D eigenvalue weighted by atomic mass is 14.4. The van der Waals surface area contributed by atoms with E-state index < -0.39 is 0 Å². The highest BCUT2D eigenvalue weighted by Gasteiger charge is 2.34. The van der Waals surface area contributed by atoms with E-state index in [-0.39, 0.29) is 5.41 Å². The van der Waals surface area contributed by atoms with Gasteiger partial charge in [-0.3, -0.25) is 0 Å². The van der Waals surface area contributed by atoms with Crippen molar-refractivity contribution in [2.45, 2.75) is 32.1 Å². The molecule has 8 aromatic rings. The van der Waals surface area contributed by atoms with Crippen LogP contribution in [0.15, 0.2) is 146 Å². The maximum absolute atomic E-state index is 2.44. The van der Waals surface area contributed by atoms with Crippen LogP contribution in [0.1, 0.15) is 58.4 Å². The fourth-order valence-electron chi connectivity index (χ4n) is 9.54. The monoisotopic (exact) mass is 622 g/mol. The largest absolute Gasteiger partial charge is 0.0716 e. The molecule has 0 bridgehead atoms. The quantitative estimate of drug-likeness (QED) is 0.172. The second kappa shape index (κ2) is 9.68. The summed E-state index contributed by atoms with van der Waals surface area (Å²) < 4.78 is 0. The third kappa shape index (κ3) is 3.64. The van der Waals surface area contributed by atoms with Crippen LogP contribution < -0.4 is 0 Å². The standard InChI is InChI=1S/C49H34/c1-49(2)43-12-6-10-38-37-25-22-34(28-42(37)39-11-7-13-44(49)48(39)47(38)43)29-14-16-31(17-15-29)36-24-19-33-20-26-40-35(30-8-4-3-5-9-30)23-18-32-21-27-41(36)46(33)45(32)40/h3-17,20-28H,18-19H2,1-2H3. The van der Waals surface area contributed by atoms with E-state index in [2.05, 4.69) is 159 Å². The van der Waals surface area contributed by atoms with Gasteiger partial charge in [0.2, 0.25) is 0 Å². The lowest BCUT2D eigenvalue weighted by molar-refractivity contribution is 0.663. The number of fused-ring (bicyclic) bond motifs is 3. The number of allylic oxidation sites excluding steroid dienone is 2. The highest BCUT2D eigenvalue weighted by molar-refractivity contribution is 6.29. The first-order valence-corrected chi connectivity index (χ1v) is 17.6. The third-order valence-electron chi connectivity index (χ3n) is 11.9. The van der Waals surface area contributed by atoms with Crippen molar-refractivity contribution in [1.82, 2.24) is 0 Å². The zero-order valence-electron chi connectivity index (χ0n) is 27.8. The van der Waals surface area contributed by atoms with Crippen LogP contribution in [0.2, 0.25) is 0 Å². The van der Waals surface area contributed by atoms with Crippen LogP contribution in [0, 0.1) is 0 Å². The van der Waals surface area contributed by atoms with Crippen molar-refractivity contribution < 1.29 is 0 Å². The van der Waals surface area contributed by atoms with Crippen molar-refractivity contribution in [3.8, 4) is 11.1 Å². The van der Waals surface area contributed by atoms with Crippen molar-refractivity contribution in [2.24, 2.45) is 0 Å². The lowest BCUT2D eigenvalue weighted by Crippen LogP contribution is -2.14. The molecule has 0 amide bonds.